The Hall–Kier alpha value is -3.64. The molecule has 0 saturated carbocycles. The van der Waals surface area contributed by atoms with E-state index in [0.717, 1.165) is 0 Å². The van der Waals surface area contributed by atoms with Gasteiger partial charge in [-0.3, -0.25) is 25.2 Å². The van der Waals surface area contributed by atoms with E-state index >= 15 is 0 Å². The third kappa shape index (κ3) is 4.50. The highest BCUT2D eigenvalue weighted by atomic mass is 32.2. The van der Waals surface area contributed by atoms with Crippen molar-refractivity contribution in [1.29, 1.82) is 5.26 Å². The van der Waals surface area contributed by atoms with Crippen molar-refractivity contribution in [2.24, 2.45) is 0 Å². The molecule has 0 aliphatic heterocycles. The Morgan fingerprint density at radius 1 is 1.07 bits per heavy atom. The molecule has 3 aromatic rings. The van der Waals surface area contributed by atoms with Crippen molar-refractivity contribution < 1.29 is 9.59 Å². The van der Waals surface area contributed by atoms with Crippen LogP contribution in [0.25, 0.3) is 10.8 Å². The number of rotatable bonds is 6. The van der Waals surface area contributed by atoms with Crippen molar-refractivity contribution in [3.05, 3.63) is 70.1 Å². The molecule has 3 rings (SSSR count). The van der Waals surface area contributed by atoms with Crippen molar-refractivity contribution in [2.45, 2.75) is 24.8 Å². The fourth-order valence-corrected chi connectivity index (χ4v) is 3.61. The summed E-state index contributed by atoms with van der Waals surface area (Å²) < 4.78 is 1.26. The zero-order valence-corrected chi connectivity index (χ0v) is 17.0. The molecule has 0 aliphatic rings. The average molecular weight is 421 g/mol. The topological polar surface area (TPSA) is 117 Å². The fourth-order valence-electron chi connectivity index (χ4n) is 2.90. The van der Waals surface area contributed by atoms with Crippen LogP contribution < -0.4 is 16.4 Å². The zero-order valence-electron chi connectivity index (χ0n) is 16.2. The number of nitriles is 1. The van der Waals surface area contributed by atoms with Crippen LogP contribution in [-0.4, -0.2) is 27.3 Å². The molecule has 1 heterocycles. The minimum atomic E-state index is -0.633. The maximum Gasteiger partial charge on any atom is 0.290 e. The minimum Gasteiger partial charge on any atom is -0.267 e. The van der Waals surface area contributed by atoms with Gasteiger partial charge >= 0.3 is 0 Å². The van der Waals surface area contributed by atoms with E-state index in [0.29, 0.717) is 34.2 Å². The standard InChI is InChI=1S/C21H19N5O3S/c1-2-12-26-21(29)15-8-4-3-7-14(15)18(25-26)20(28)24-23-19(27)16-9-5-6-10-17(16)30-13-11-22/h3-10H,2,12-13H2,1H3,(H,23,27)(H,24,28). The van der Waals surface area contributed by atoms with Crippen molar-refractivity contribution in [3.63, 3.8) is 0 Å². The largest absolute Gasteiger partial charge is 0.290 e. The van der Waals surface area contributed by atoms with Gasteiger partial charge in [0.1, 0.15) is 0 Å². The Labute approximate surface area is 176 Å². The zero-order chi connectivity index (χ0) is 21.5. The Morgan fingerprint density at radius 2 is 1.73 bits per heavy atom. The van der Waals surface area contributed by atoms with Crippen LogP contribution in [0.4, 0.5) is 0 Å². The van der Waals surface area contributed by atoms with Crippen LogP contribution in [0.1, 0.15) is 34.2 Å². The van der Waals surface area contributed by atoms with E-state index in [2.05, 4.69) is 16.0 Å². The molecular weight excluding hydrogens is 402 g/mol. The molecule has 2 aromatic carbocycles. The van der Waals surface area contributed by atoms with Gasteiger partial charge in [-0.25, -0.2) is 4.68 Å². The molecule has 0 aliphatic carbocycles. The number of hydrogen-bond acceptors (Lipinski definition) is 6. The van der Waals surface area contributed by atoms with Gasteiger partial charge in [0.25, 0.3) is 17.4 Å². The van der Waals surface area contributed by atoms with E-state index < -0.39 is 11.8 Å². The van der Waals surface area contributed by atoms with Crippen LogP contribution in [-0.2, 0) is 6.54 Å². The van der Waals surface area contributed by atoms with Crippen molar-refractivity contribution in [1.82, 2.24) is 20.6 Å². The quantitative estimate of drug-likeness (QED) is 0.467. The van der Waals surface area contributed by atoms with Gasteiger partial charge in [0.2, 0.25) is 0 Å². The van der Waals surface area contributed by atoms with Gasteiger partial charge in [0.05, 0.1) is 22.8 Å². The first kappa shape index (κ1) is 21.1. The normalized spacial score (nSPS) is 10.4. The molecule has 1 aromatic heterocycles. The maximum absolute atomic E-state index is 12.8. The van der Waals surface area contributed by atoms with Gasteiger partial charge < -0.3 is 0 Å². The minimum absolute atomic E-state index is 0.0473. The number of hydrazine groups is 1. The lowest BCUT2D eigenvalue weighted by molar-refractivity contribution is 0.0842. The second-order valence-electron chi connectivity index (χ2n) is 6.27. The van der Waals surface area contributed by atoms with Gasteiger partial charge in [0, 0.05) is 16.8 Å². The number of carbonyl (C=O) groups is 2. The summed E-state index contributed by atoms with van der Waals surface area (Å²) in [4.78, 5) is 38.5. The predicted molar refractivity (Wildman–Crippen MR) is 114 cm³/mol. The third-order valence-corrected chi connectivity index (χ3v) is 5.17. The summed E-state index contributed by atoms with van der Waals surface area (Å²) in [6.45, 7) is 2.28. The second-order valence-corrected chi connectivity index (χ2v) is 7.29. The molecule has 0 radical (unpaired) electrons. The van der Waals surface area contributed by atoms with Gasteiger partial charge in [-0.15, -0.1) is 11.8 Å². The Bertz CT molecular complexity index is 1200. The first-order valence-electron chi connectivity index (χ1n) is 9.26. The van der Waals surface area contributed by atoms with Crippen LogP contribution >= 0.6 is 11.8 Å². The van der Waals surface area contributed by atoms with Gasteiger partial charge in [-0.1, -0.05) is 37.3 Å². The molecule has 2 amide bonds. The Morgan fingerprint density at radius 3 is 2.47 bits per heavy atom. The number of hydrogen-bond donors (Lipinski definition) is 2. The van der Waals surface area contributed by atoms with Crippen LogP contribution in [0, 0.1) is 11.3 Å². The highest BCUT2D eigenvalue weighted by molar-refractivity contribution is 7.99. The van der Waals surface area contributed by atoms with E-state index in [-0.39, 0.29) is 17.0 Å². The summed E-state index contributed by atoms with van der Waals surface area (Å²) >= 11 is 1.23. The number of aromatic nitrogens is 2. The summed E-state index contributed by atoms with van der Waals surface area (Å²) in [5, 5.41) is 13.8. The molecule has 0 fully saturated rings. The lowest BCUT2D eigenvalue weighted by atomic mass is 10.1. The Balaban J connectivity index is 1.85. The monoisotopic (exact) mass is 421 g/mol. The molecule has 152 valence electrons. The first-order chi connectivity index (χ1) is 14.6. The van der Waals surface area contributed by atoms with Gasteiger partial charge in [-0.2, -0.15) is 10.4 Å². The van der Waals surface area contributed by atoms with Crippen LogP contribution in [0.3, 0.4) is 0 Å². The molecule has 0 unspecified atom stereocenters. The molecule has 0 atom stereocenters. The van der Waals surface area contributed by atoms with Crippen molar-refractivity contribution in [2.75, 3.05) is 5.75 Å². The average Bonchev–Trinajstić information content (AvgIpc) is 2.78. The summed E-state index contributed by atoms with van der Waals surface area (Å²) in [6.07, 6.45) is 0.681. The summed E-state index contributed by atoms with van der Waals surface area (Å²) in [7, 11) is 0. The lowest BCUT2D eigenvalue weighted by Crippen LogP contribution is -2.43. The van der Waals surface area contributed by atoms with Crippen LogP contribution in [0.5, 0.6) is 0 Å². The molecule has 30 heavy (non-hydrogen) atoms. The van der Waals surface area contributed by atoms with E-state index in [1.54, 1.807) is 48.5 Å². The maximum atomic E-state index is 12.8. The molecule has 0 saturated heterocycles. The predicted octanol–water partition coefficient (Wildman–Crippen LogP) is 2.50. The molecule has 2 N–H and O–H groups in total. The number of carbonyl (C=O) groups excluding carboxylic acids is 2. The molecule has 8 nitrogen and oxygen atoms in total. The summed E-state index contributed by atoms with van der Waals surface area (Å²) in [6, 6.07) is 15.5. The first-order valence-corrected chi connectivity index (χ1v) is 10.2. The molecule has 0 bridgehead atoms. The van der Waals surface area contributed by atoms with Crippen LogP contribution in [0.2, 0.25) is 0 Å². The number of nitrogens with zero attached hydrogens (tertiary/aromatic N) is 3. The van der Waals surface area contributed by atoms with Gasteiger partial charge in [0.15, 0.2) is 5.69 Å². The van der Waals surface area contributed by atoms with Crippen LogP contribution in [0.15, 0.2) is 58.2 Å². The van der Waals surface area contributed by atoms with E-state index in [4.69, 9.17) is 5.26 Å². The highest BCUT2D eigenvalue weighted by Gasteiger charge is 2.18. The SMILES string of the molecule is CCCn1nc(C(=O)NNC(=O)c2ccccc2SCC#N)c2ccccc2c1=O. The number of aryl methyl sites for hydroxylation is 1. The van der Waals surface area contributed by atoms with Gasteiger partial charge in [-0.05, 0) is 24.6 Å². The number of benzene rings is 2. The van der Waals surface area contributed by atoms with E-state index in [1.165, 1.54) is 16.4 Å². The second kappa shape index (κ2) is 9.71. The number of fused-ring (bicyclic) bond motifs is 1. The van der Waals surface area contributed by atoms with E-state index in [9.17, 15) is 14.4 Å². The van der Waals surface area contributed by atoms with E-state index in [1.807, 2.05) is 13.0 Å². The smallest absolute Gasteiger partial charge is 0.267 e. The molecule has 9 heteroatoms. The Kier molecular flexibility index (Phi) is 6.83. The van der Waals surface area contributed by atoms with Crippen molar-refractivity contribution in [3.8, 4) is 6.07 Å². The third-order valence-electron chi connectivity index (χ3n) is 4.23. The highest BCUT2D eigenvalue weighted by Crippen LogP contribution is 2.22. The molecular formula is C21H19N5O3S. The number of thioether (sulfide) groups is 1. The lowest BCUT2D eigenvalue weighted by Gasteiger charge is -2.12. The number of nitrogens with one attached hydrogen (secondary N) is 2. The summed E-state index contributed by atoms with van der Waals surface area (Å²) in [5.74, 6) is -0.951. The fraction of sp³-hybridized carbons (Fsp3) is 0.190. The summed E-state index contributed by atoms with van der Waals surface area (Å²) in [5.41, 5.74) is 4.87. The molecule has 0 spiro atoms. The van der Waals surface area contributed by atoms with Crippen molar-refractivity contribution >= 4 is 34.3 Å². The number of amides is 2.